The SMILES string of the molecule is O=C(c1cccc2ccccc12)[C@H]1CCCN(Cc2cccnc2)C1. The van der Waals surface area contributed by atoms with Gasteiger partial charge in [-0.2, -0.15) is 0 Å². The molecule has 0 radical (unpaired) electrons. The van der Waals surface area contributed by atoms with Crippen LogP contribution < -0.4 is 0 Å². The molecule has 0 spiro atoms. The molecule has 2 aromatic carbocycles. The van der Waals surface area contributed by atoms with Gasteiger partial charge in [0, 0.05) is 37.0 Å². The first-order valence-electron chi connectivity index (χ1n) is 8.94. The van der Waals surface area contributed by atoms with Crippen LogP contribution in [0.5, 0.6) is 0 Å². The molecule has 0 unspecified atom stereocenters. The van der Waals surface area contributed by atoms with Gasteiger partial charge in [-0.3, -0.25) is 14.7 Å². The second-order valence-electron chi connectivity index (χ2n) is 6.83. The van der Waals surface area contributed by atoms with Gasteiger partial charge in [0.2, 0.25) is 0 Å². The van der Waals surface area contributed by atoms with Crippen molar-refractivity contribution >= 4 is 16.6 Å². The lowest BCUT2D eigenvalue weighted by molar-refractivity contribution is 0.0813. The van der Waals surface area contributed by atoms with Crippen molar-refractivity contribution in [3.8, 4) is 0 Å². The Balaban J connectivity index is 1.53. The highest BCUT2D eigenvalue weighted by Crippen LogP contribution is 2.26. The molecule has 0 bridgehead atoms. The van der Waals surface area contributed by atoms with Crippen molar-refractivity contribution in [1.82, 2.24) is 9.88 Å². The molecule has 1 aliphatic heterocycles. The van der Waals surface area contributed by atoms with Gasteiger partial charge in [0.25, 0.3) is 0 Å². The lowest BCUT2D eigenvalue weighted by atomic mass is 9.88. The molecule has 2 heterocycles. The average molecular weight is 330 g/mol. The molecule has 1 aliphatic rings. The molecule has 1 atom stereocenters. The predicted molar refractivity (Wildman–Crippen MR) is 101 cm³/mol. The van der Waals surface area contributed by atoms with Gasteiger partial charge in [-0.1, -0.05) is 48.5 Å². The standard InChI is InChI=1S/C22H22N2O/c25-22(21-11-3-8-18-7-1-2-10-20(18)21)19-9-5-13-24(16-19)15-17-6-4-12-23-14-17/h1-4,6-8,10-12,14,19H,5,9,13,15-16H2/t19-/m0/s1. The van der Waals surface area contributed by atoms with Crippen LogP contribution in [0.2, 0.25) is 0 Å². The number of aromatic nitrogens is 1. The third-order valence-corrected chi connectivity index (χ3v) is 5.06. The van der Waals surface area contributed by atoms with E-state index in [1.807, 2.05) is 36.5 Å². The highest BCUT2D eigenvalue weighted by molar-refractivity contribution is 6.09. The van der Waals surface area contributed by atoms with Crippen molar-refractivity contribution in [2.24, 2.45) is 5.92 Å². The summed E-state index contributed by atoms with van der Waals surface area (Å²) in [4.78, 5) is 19.7. The van der Waals surface area contributed by atoms with Gasteiger partial charge < -0.3 is 0 Å². The zero-order chi connectivity index (χ0) is 17.1. The number of rotatable bonds is 4. The van der Waals surface area contributed by atoms with Gasteiger partial charge in [0.05, 0.1) is 0 Å². The number of carbonyl (C=O) groups excluding carboxylic acids is 1. The summed E-state index contributed by atoms with van der Waals surface area (Å²) < 4.78 is 0. The first-order valence-corrected chi connectivity index (χ1v) is 8.94. The van der Waals surface area contributed by atoms with Crippen molar-refractivity contribution in [3.63, 3.8) is 0 Å². The van der Waals surface area contributed by atoms with Crippen LogP contribution in [0.4, 0.5) is 0 Å². The second kappa shape index (κ2) is 7.16. The minimum absolute atomic E-state index is 0.0798. The fourth-order valence-electron chi connectivity index (χ4n) is 3.82. The summed E-state index contributed by atoms with van der Waals surface area (Å²) in [6, 6.07) is 18.3. The topological polar surface area (TPSA) is 33.2 Å². The van der Waals surface area contributed by atoms with E-state index in [-0.39, 0.29) is 11.7 Å². The van der Waals surface area contributed by atoms with E-state index in [1.165, 1.54) is 5.56 Å². The van der Waals surface area contributed by atoms with Crippen LogP contribution in [0, 0.1) is 5.92 Å². The van der Waals surface area contributed by atoms with Crippen LogP contribution in [-0.2, 0) is 6.54 Å². The molecule has 1 fully saturated rings. The Morgan fingerprint density at radius 3 is 2.84 bits per heavy atom. The number of likely N-dealkylation sites (tertiary alicyclic amines) is 1. The number of fused-ring (bicyclic) bond motifs is 1. The summed E-state index contributed by atoms with van der Waals surface area (Å²) in [6.45, 7) is 2.75. The number of nitrogens with zero attached hydrogens (tertiary/aromatic N) is 2. The van der Waals surface area contributed by atoms with E-state index in [1.54, 1.807) is 6.20 Å². The number of Topliss-reactive ketones (excluding diaryl/α,β-unsaturated/α-hetero) is 1. The average Bonchev–Trinajstić information content (AvgIpc) is 2.68. The van der Waals surface area contributed by atoms with Gasteiger partial charge in [-0.15, -0.1) is 0 Å². The minimum Gasteiger partial charge on any atom is -0.298 e. The molecule has 0 N–H and O–H groups in total. The van der Waals surface area contributed by atoms with Gasteiger partial charge in [-0.25, -0.2) is 0 Å². The zero-order valence-corrected chi connectivity index (χ0v) is 14.3. The van der Waals surface area contributed by atoms with E-state index in [0.29, 0.717) is 0 Å². The van der Waals surface area contributed by atoms with Gasteiger partial charge in [0.15, 0.2) is 5.78 Å². The Hall–Kier alpha value is -2.52. The lowest BCUT2D eigenvalue weighted by Crippen LogP contribution is -2.38. The van der Waals surface area contributed by atoms with E-state index < -0.39 is 0 Å². The van der Waals surface area contributed by atoms with Crippen molar-refractivity contribution < 1.29 is 4.79 Å². The van der Waals surface area contributed by atoms with E-state index in [0.717, 1.165) is 48.8 Å². The Labute approximate surface area is 148 Å². The largest absolute Gasteiger partial charge is 0.298 e. The summed E-state index contributed by atoms with van der Waals surface area (Å²) in [5.41, 5.74) is 2.08. The molecule has 25 heavy (non-hydrogen) atoms. The summed E-state index contributed by atoms with van der Waals surface area (Å²) in [7, 11) is 0. The van der Waals surface area contributed by atoms with E-state index >= 15 is 0 Å². The number of hydrogen-bond acceptors (Lipinski definition) is 3. The van der Waals surface area contributed by atoms with Crippen molar-refractivity contribution in [2.75, 3.05) is 13.1 Å². The van der Waals surface area contributed by atoms with Crippen molar-refractivity contribution in [2.45, 2.75) is 19.4 Å². The number of pyridine rings is 1. The molecule has 3 nitrogen and oxygen atoms in total. The molecule has 0 saturated carbocycles. The molecule has 126 valence electrons. The van der Waals surface area contributed by atoms with Gasteiger partial charge in [-0.05, 0) is 41.8 Å². The van der Waals surface area contributed by atoms with E-state index in [4.69, 9.17) is 0 Å². The first kappa shape index (κ1) is 16.0. The zero-order valence-electron chi connectivity index (χ0n) is 14.3. The van der Waals surface area contributed by atoms with Crippen LogP contribution in [0.1, 0.15) is 28.8 Å². The first-order chi connectivity index (χ1) is 12.3. The smallest absolute Gasteiger partial charge is 0.167 e. The quantitative estimate of drug-likeness (QED) is 0.668. The lowest BCUT2D eigenvalue weighted by Gasteiger charge is -2.32. The van der Waals surface area contributed by atoms with Crippen LogP contribution >= 0.6 is 0 Å². The molecule has 0 aliphatic carbocycles. The normalized spacial score (nSPS) is 18.3. The molecular formula is C22H22N2O. The fourth-order valence-corrected chi connectivity index (χ4v) is 3.82. The monoisotopic (exact) mass is 330 g/mol. The van der Waals surface area contributed by atoms with E-state index in [2.05, 4.69) is 34.1 Å². The third kappa shape index (κ3) is 3.47. The van der Waals surface area contributed by atoms with Crippen molar-refractivity contribution in [3.05, 3.63) is 78.1 Å². The molecule has 4 rings (SSSR count). The minimum atomic E-state index is 0.0798. The Bertz CT molecular complexity index is 870. The van der Waals surface area contributed by atoms with Crippen molar-refractivity contribution in [1.29, 1.82) is 0 Å². The van der Waals surface area contributed by atoms with E-state index in [9.17, 15) is 4.79 Å². The fraction of sp³-hybridized carbons (Fsp3) is 0.273. The summed E-state index contributed by atoms with van der Waals surface area (Å²) in [5, 5.41) is 2.20. The number of carbonyl (C=O) groups is 1. The Kier molecular flexibility index (Phi) is 4.57. The van der Waals surface area contributed by atoms with Gasteiger partial charge in [0.1, 0.15) is 0 Å². The summed E-state index contributed by atoms with van der Waals surface area (Å²) >= 11 is 0. The predicted octanol–water partition coefficient (Wildman–Crippen LogP) is 4.33. The highest BCUT2D eigenvalue weighted by atomic mass is 16.1. The van der Waals surface area contributed by atoms with Gasteiger partial charge >= 0.3 is 0 Å². The molecule has 1 aromatic heterocycles. The summed E-state index contributed by atoms with van der Waals surface area (Å²) in [6.07, 6.45) is 5.76. The maximum atomic E-state index is 13.2. The maximum absolute atomic E-state index is 13.2. The highest BCUT2D eigenvalue weighted by Gasteiger charge is 2.27. The van der Waals surface area contributed by atoms with Crippen LogP contribution in [0.15, 0.2) is 67.0 Å². The Morgan fingerprint density at radius 1 is 1.08 bits per heavy atom. The number of piperidine rings is 1. The molecular weight excluding hydrogens is 308 g/mol. The number of benzene rings is 2. The number of hydrogen-bond donors (Lipinski definition) is 0. The van der Waals surface area contributed by atoms with Crippen LogP contribution in [0.3, 0.4) is 0 Å². The maximum Gasteiger partial charge on any atom is 0.167 e. The molecule has 3 aromatic rings. The molecule has 0 amide bonds. The Morgan fingerprint density at radius 2 is 1.96 bits per heavy atom. The number of ketones is 1. The second-order valence-corrected chi connectivity index (χ2v) is 6.83. The molecule has 1 saturated heterocycles. The molecule has 3 heteroatoms. The third-order valence-electron chi connectivity index (χ3n) is 5.06. The van der Waals surface area contributed by atoms with Crippen LogP contribution in [-0.4, -0.2) is 28.8 Å². The van der Waals surface area contributed by atoms with Crippen LogP contribution in [0.25, 0.3) is 10.8 Å². The summed E-state index contributed by atoms with van der Waals surface area (Å²) in [5.74, 6) is 0.365.